The predicted octanol–water partition coefficient (Wildman–Crippen LogP) is 6.30. The van der Waals surface area contributed by atoms with Gasteiger partial charge in [-0.1, -0.05) is 58.9 Å². The molecule has 0 fully saturated rings. The summed E-state index contributed by atoms with van der Waals surface area (Å²) in [4.78, 5) is 35.6. The smallest absolute Gasteiger partial charge is 0.305 e. The number of hydrogen-bond donors (Lipinski definition) is 0. The molecule has 0 aliphatic carbocycles. The lowest BCUT2D eigenvalue weighted by Gasteiger charge is -2.34. The SMILES string of the molecule is CCC(CC)(c1ccc(OCC(=O)CCC(=O)OC)c(C)c1)c1ccc(OCC(=O)C(C)(C)C)c(C)c1. The van der Waals surface area contributed by atoms with Gasteiger partial charge in [0, 0.05) is 17.3 Å². The number of benzene rings is 2. The molecule has 0 saturated carbocycles. The van der Waals surface area contributed by atoms with Crippen LogP contribution < -0.4 is 9.47 Å². The van der Waals surface area contributed by atoms with Gasteiger partial charge in [0.25, 0.3) is 0 Å². The van der Waals surface area contributed by atoms with Gasteiger partial charge in [-0.25, -0.2) is 0 Å². The Balaban J connectivity index is 2.22. The predicted molar refractivity (Wildman–Crippen MR) is 145 cm³/mol. The Morgan fingerprint density at radius 3 is 1.65 bits per heavy atom. The highest BCUT2D eigenvalue weighted by Crippen LogP contribution is 2.41. The molecule has 0 amide bonds. The molecule has 0 aliphatic heterocycles. The van der Waals surface area contributed by atoms with E-state index in [1.807, 2.05) is 46.8 Å². The van der Waals surface area contributed by atoms with Crippen molar-refractivity contribution in [2.24, 2.45) is 5.41 Å². The van der Waals surface area contributed by atoms with E-state index in [0.29, 0.717) is 5.75 Å². The monoisotopic (exact) mass is 510 g/mol. The van der Waals surface area contributed by atoms with Crippen molar-refractivity contribution < 1.29 is 28.6 Å². The Labute approximate surface area is 221 Å². The van der Waals surface area contributed by atoms with E-state index in [2.05, 4.69) is 42.8 Å². The Bertz CT molecular complexity index is 1110. The Morgan fingerprint density at radius 1 is 0.757 bits per heavy atom. The number of carbonyl (C=O) groups is 3. The lowest BCUT2D eigenvalue weighted by atomic mass is 9.70. The highest BCUT2D eigenvalue weighted by Gasteiger charge is 2.32. The number of aryl methyl sites for hydroxylation is 2. The first kappa shape index (κ1) is 30.1. The third-order valence-corrected chi connectivity index (χ3v) is 7.08. The van der Waals surface area contributed by atoms with Crippen LogP contribution in [-0.4, -0.2) is 37.9 Å². The molecule has 0 N–H and O–H groups in total. The normalized spacial score (nSPS) is 11.7. The van der Waals surface area contributed by atoms with Crippen LogP contribution in [0.25, 0.3) is 0 Å². The van der Waals surface area contributed by atoms with Crippen molar-refractivity contribution in [3.8, 4) is 11.5 Å². The minimum atomic E-state index is -0.433. The van der Waals surface area contributed by atoms with Crippen LogP contribution in [0.2, 0.25) is 0 Å². The number of Topliss-reactive ketones (excluding diaryl/α,β-unsaturated/α-hetero) is 2. The summed E-state index contributed by atoms with van der Waals surface area (Å²) in [6.07, 6.45) is 1.96. The molecule has 0 unspecified atom stereocenters. The average molecular weight is 511 g/mol. The summed E-state index contributed by atoms with van der Waals surface area (Å²) in [5.74, 6) is 0.888. The number of esters is 1. The summed E-state index contributed by atoms with van der Waals surface area (Å²) in [5, 5.41) is 0. The second kappa shape index (κ2) is 12.9. The fourth-order valence-corrected chi connectivity index (χ4v) is 4.38. The second-order valence-electron chi connectivity index (χ2n) is 10.6. The minimum Gasteiger partial charge on any atom is -0.486 e. The van der Waals surface area contributed by atoms with Gasteiger partial charge in [-0.15, -0.1) is 0 Å². The third-order valence-electron chi connectivity index (χ3n) is 7.08. The summed E-state index contributed by atoms with van der Waals surface area (Å²) in [5.41, 5.74) is 3.67. The molecule has 0 heterocycles. The number of methoxy groups -OCH3 is 1. The summed E-state index contributed by atoms with van der Waals surface area (Å²) < 4.78 is 16.2. The molecule has 0 spiro atoms. The average Bonchev–Trinajstić information content (AvgIpc) is 2.86. The topological polar surface area (TPSA) is 78.9 Å². The molecule has 0 bridgehead atoms. The van der Waals surface area contributed by atoms with Gasteiger partial charge in [0.15, 0.2) is 11.6 Å². The molecule has 0 atom stereocenters. The molecule has 6 heteroatoms. The fraction of sp³-hybridized carbons (Fsp3) is 0.516. The van der Waals surface area contributed by atoms with E-state index in [0.717, 1.165) is 29.7 Å². The number of hydrogen-bond acceptors (Lipinski definition) is 6. The van der Waals surface area contributed by atoms with Crippen LogP contribution in [0, 0.1) is 19.3 Å². The Morgan fingerprint density at radius 2 is 1.24 bits per heavy atom. The van der Waals surface area contributed by atoms with Gasteiger partial charge < -0.3 is 14.2 Å². The van der Waals surface area contributed by atoms with Gasteiger partial charge in [0.2, 0.25) is 0 Å². The van der Waals surface area contributed by atoms with Gasteiger partial charge in [-0.3, -0.25) is 14.4 Å². The largest absolute Gasteiger partial charge is 0.486 e. The van der Waals surface area contributed by atoms with E-state index in [4.69, 9.17) is 9.47 Å². The molecule has 0 aliphatic rings. The molecule has 2 aromatic carbocycles. The van der Waals surface area contributed by atoms with Crippen LogP contribution in [0.5, 0.6) is 11.5 Å². The fourth-order valence-electron chi connectivity index (χ4n) is 4.38. The van der Waals surface area contributed by atoms with Gasteiger partial charge in [0.1, 0.15) is 24.7 Å². The summed E-state index contributed by atoms with van der Waals surface area (Å²) in [7, 11) is 1.31. The zero-order chi connectivity index (χ0) is 27.8. The van der Waals surface area contributed by atoms with Crippen molar-refractivity contribution in [1.29, 1.82) is 0 Å². The van der Waals surface area contributed by atoms with Crippen molar-refractivity contribution in [3.05, 3.63) is 58.7 Å². The Kier molecular flexibility index (Phi) is 10.5. The van der Waals surface area contributed by atoms with Crippen molar-refractivity contribution >= 4 is 17.5 Å². The van der Waals surface area contributed by atoms with Crippen molar-refractivity contribution in [1.82, 2.24) is 0 Å². The molecule has 0 radical (unpaired) electrons. The zero-order valence-electron chi connectivity index (χ0n) is 23.7. The van der Waals surface area contributed by atoms with Crippen LogP contribution in [-0.2, 0) is 24.5 Å². The zero-order valence-corrected chi connectivity index (χ0v) is 23.7. The highest BCUT2D eigenvalue weighted by atomic mass is 16.5. The van der Waals surface area contributed by atoms with E-state index in [1.165, 1.54) is 18.2 Å². The van der Waals surface area contributed by atoms with E-state index in [9.17, 15) is 14.4 Å². The molecule has 37 heavy (non-hydrogen) atoms. The number of rotatable bonds is 13. The maximum atomic E-state index is 12.3. The van der Waals surface area contributed by atoms with E-state index in [-0.39, 0.29) is 43.0 Å². The van der Waals surface area contributed by atoms with Crippen LogP contribution in [0.15, 0.2) is 36.4 Å². The van der Waals surface area contributed by atoms with Gasteiger partial charge in [-0.2, -0.15) is 0 Å². The van der Waals surface area contributed by atoms with Crippen molar-refractivity contribution in [2.45, 2.75) is 79.6 Å². The molecule has 2 aromatic rings. The molecular formula is C31H42O6. The maximum Gasteiger partial charge on any atom is 0.305 e. The van der Waals surface area contributed by atoms with Crippen LogP contribution >= 0.6 is 0 Å². The van der Waals surface area contributed by atoms with E-state index in [1.54, 1.807) is 0 Å². The van der Waals surface area contributed by atoms with E-state index >= 15 is 0 Å². The summed E-state index contributed by atoms with van der Waals surface area (Å²) in [6, 6.07) is 12.3. The van der Waals surface area contributed by atoms with Crippen LogP contribution in [0.4, 0.5) is 0 Å². The van der Waals surface area contributed by atoms with Crippen molar-refractivity contribution in [2.75, 3.05) is 20.3 Å². The lowest BCUT2D eigenvalue weighted by Crippen LogP contribution is -2.27. The standard InChI is InChI=1S/C31H42O6/c1-9-31(10-2,24-12-15-27(22(4)18-24)37-20-28(33)30(5,6)7)23-11-14-26(21(3)17-23)36-19-25(32)13-16-29(34)35-8/h11-12,14-15,17-18H,9-10,13,16,19-20H2,1-8H3. The highest BCUT2D eigenvalue weighted by molar-refractivity contribution is 5.85. The third kappa shape index (κ3) is 7.67. The number of ether oxygens (including phenoxy) is 3. The maximum absolute atomic E-state index is 12.3. The minimum absolute atomic E-state index is 0.0578. The van der Waals surface area contributed by atoms with Gasteiger partial charge in [-0.05, 0) is 61.1 Å². The quantitative estimate of drug-likeness (QED) is 0.294. The lowest BCUT2D eigenvalue weighted by molar-refractivity contribution is -0.142. The molecular weight excluding hydrogens is 468 g/mol. The second-order valence-corrected chi connectivity index (χ2v) is 10.6. The van der Waals surface area contributed by atoms with Crippen LogP contribution in [0.3, 0.4) is 0 Å². The molecule has 2 rings (SSSR count). The molecule has 6 nitrogen and oxygen atoms in total. The number of carbonyl (C=O) groups excluding carboxylic acids is 3. The first-order valence-electron chi connectivity index (χ1n) is 13.0. The van der Waals surface area contributed by atoms with Crippen LogP contribution in [0.1, 0.15) is 82.6 Å². The van der Waals surface area contributed by atoms with E-state index < -0.39 is 11.4 Å². The first-order valence-corrected chi connectivity index (χ1v) is 13.0. The number of ketones is 2. The molecule has 0 aromatic heterocycles. The molecule has 0 saturated heterocycles. The summed E-state index contributed by atoms with van der Waals surface area (Å²) in [6.45, 7) is 14.0. The Hall–Kier alpha value is -3.15. The van der Waals surface area contributed by atoms with Crippen molar-refractivity contribution in [3.63, 3.8) is 0 Å². The molecule has 202 valence electrons. The van der Waals surface area contributed by atoms with Gasteiger partial charge in [0.05, 0.1) is 13.5 Å². The first-order chi connectivity index (χ1) is 17.4. The van der Waals surface area contributed by atoms with Gasteiger partial charge >= 0.3 is 5.97 Å². The summed E-state index contributed by atoms with van der Waals surface area (Å²) >= 11 is 0.